The van der Waals surface area contributed by atoms with Crippen molar-refractivity contribution in [2.45, 2.75) is 83.5 Å². The summed E-state index contributed by atoms with van der Waals surface area (Å²) >= 11 is 0. The molecule has 6 nitrogen and oxygen atoms in total. The van der Waals surface area contributed by atoms with Crippen molar-refractivity contribution in [1.29, 1.82) is 0 Å². The van der Waals surface area contributed by atoms with E-state index in [1.54, 1.807) is 12.1 Å². The number of benzene rings is 1. The molecule has 156 valence electrons. The fourth-order valence-corrected chi connectivity index (χ4v) is 3.28. The Hall–Kier alpha value is -2.37. The van der Waals surface area contributed by atoms with Crippen LogP contribution in [-0.2, 0) is 11.2 Å². The van der Waals surface area contributed by atoms with E-state index in [0.29, 0.717) is 6.42 Å². The van der Waals surface area contributed by atoms with E-state index >= 15 is 0 Å². The van der Waals surface area contributed by atoms with E-state index in [-0.39, 0.29) is 17.5 Å². The van der Waals surface area contributed by atoms with E-state index in [2.05, 4.69) is 0 Å². The minimum absolute atomic E-state index is 0.0258. The molecule has 3 N–H and O–H groups in total. The van der Waals surface area contributed by atoms with Gasteiger partial charge in [-0.05, 0) is 43.0 Å². The average Bonchev–Trinajstić information content (AvgIpc) is 2.64. The van der Waals surface area contributed by atoms with Crippen molar-refractivity contribution >= 4 is 17.9 Å². The second-order valence-electron chi connectivity index (χ2n) is 7.31. The lowest BCUT2D eigenvalue weighted by Crippen LogP contribution is -2.04. The van der Waals surface area contributed by atoms with Gasteiger partial charge in [0.25, 0.3) is 0 Å². The molecule has 0 heterocycles. The highest BCUT2D eigenvalue weighted by Gasteiger charge is 2.11. The lowest BCUT2D eigenvalue weighted by atomic mass is 10.00. The lowest BCUT2D eigenvalue weighted by molar-refractivity contribution is -0.137. The zero-order chi connectivity index (χ0) is 20.8. The number of aliphatic carboxylic acids is 1. The molecule has 28 heavy (non-hydrogen) atoms. The SMILES string of the molecule is O=C(O)CCCCCCCCCCCCCc1cc(C(=O)O)cc(C(=O)O)c1. The summed E-state index contributed by atoms with van der Waals surface area (Å²) in [5.41, 5.74) is 0.816. The van der Waals surface area contributed by atoms with E-state index in [9.17, 15) is 14.4 Å². The lowest BCUT2D eigenvalue weighted by Gasteiger charge is -2.06. The molecule has 0 aliphatic rings. The summed E-state index contributed by atoms with van der Waals surface area (Å²) in [5.74, 6) is -2.92. The molecule has 0 fully saturated rings. The summed E-state index contributed by atoms with van der Waals surface area (Å²) < 4.78 is 0. The fraction of sp³-hybridized carbons (Fsp3) is 0.591. The van der Waals surface area contributed by atoms with Crippen LogP contribution in [-0.4, -0.2) is 33.2 Å². The third kappa shape index (κ3) is 10.7. The number of carboxylic acid groups (broad SMARTS) is 3. The van der Waals surface area contributed by atoms with E-state index < -0.39 is 17.9 Å². The van der Waals surface area contributed by atoms with Crippen LogP contribution in [0.1, 0.15) is 103 Å². The van der Waals surface area contributed by atoms with Crippen molar-refractivity contribution in [3.8, 4) is 0 Å². The Balaban J connectivity index is 2.09. The second-order valence-corrected chi connectivity index (χ2v) is 7.31. The molecule has 0 radical (unpaired) electrons. The summed E-state index contributed by atoms with van der Waals surface area (Å²) in [6.07, 6.45) is 12.9. The number of carboxylic acids is 3. The van der Waals surface area contributed by atoms with Gasteiger partial charge in [-0.1, -0.05) is 57.8 Å². The first-order valence-electron chi connectivity index (χ1n) is 10.2. The number of hydrogen-bond donors (Lipinski definition) is 3. The highest BCUT2D eigenvalue weighted by molar-refractivity contribution is 5.94. The van der Waals surface area contributed by atoms with Crippen LogP contribution in [0, 0.1) is 0 Å². The van der Waals surface area contributed by atoms with Crippen LogP contribution >= 0.6 is 0 Å². The monoisotopic (exact) mass is 392 g/mol. The zero-order valence-corrected chi connectivity index (χ0v) is 16.5. The van der Waals surface area contributed by atoms with Crippen LogP contribution < -0.4 is 0 Å². The minimum Gasteiger partial charge on any atom is -0.481 e. The Labute approximate surface area is 166 Å². The maximum atomic E-state index is 11.1. The number of carbonyl (C=O) groups is 3. The number of hydrogen-bond acceptors (Lipinski definition) is 3. The summed E-state index contributed by atoms with van der Waals surface area (Å²) in [4.78, 5) is 32.6. The largest absolute Gasteiger partial charge is 0.481 e. The number of aromatic carboxylic acids is 2. The van der Waals surface area contributed by atoms with Gasteiger partial charge in [0.05, 0.1) is 11.1 Å². The Morgan fingerprint density at radius 2 is 0.964 bits per heavy atom. The Bertz CT molecular complexity index is 606. The van der Waals surface area contributed by atoms with Gasteiger partial charge in [-0.25, -0.2) is 9.59 Å². The third-order valence-corrected chi connectivity index (χ3v) is 4.84. The highest BCUT2D eigenvalue weighted by Crippen LogP contribution is 2.16. The summed E-state index contributed by atoms with van der Waals surface area (Å²) in [5, 5.41) is 26.7. The number of unbranched alkanes of at least 4 members (excludes halogenated alkanes) is 10. The molecule has 1 rings (SSSR count). The van der Waals surface area contributed by atoms with E-state index in [1.807, 2.05) is 0 Å². The molecule has 0 saturated carbocycles. The van der Waals surface area contributed by atoms with Crippen LogP contribution in [0.25, 0.3) is 0 Å². The molecule has 0 atom stereocenters. The molecule has 0 amide bonds. The van der Waals surface area contributed by atoms with Crippen LogP contribution in [0.5, 0.6) is 0 Å². The quantitative estimate of drug-likeness (QED) is 0.325. The van der Waals surface area contributed by atoms with E-state index in [4.69, 9.17) is 15.3 Å². The molecule has 0 aliphatic heterocycles. The predicted molar refractivity (Wildman–Crippen MR) is 107 cm³/mol. The number of rotatable bonds is 16. The topological polar surface area (TPSA) is 112 Å². The zero-order valence-electron chi connectivity index (χ0n) is 16.5. The van der Waals surface area contributed by atoms with Gasteiger partial charge in [0, 0.05) is 6.42 Å². The van der Waals surface area contributed by atoms with Crippen molar-refractivity contribution in [2.24, 2.45) is 0 Å². The molecule has 0 unspecified atom stereocenters. The molecule has 0 bridgehead atoms. The first-order chi connectivity index (χ1) is 13.4. The number of aryl methyl sites for hydroxylation is 1. The smallest absolute Gasteiger partial charge is 0.335 e. The van der Waals surface area contributed by atoms with Crippen LogP contribution in [0.4, 0.5) is 0 Å². The second kappa shape index (κ2) is 13.7. The van der Waals surface area contributed by atoms with E-state index in [1.165, 1.54) is 38.2 Å². The molecular formula is C22H32O6. The highest BCUT2D eigenvalue weighted by atomic mass is 16.4. The van der Waals surface area contributed by atoms with Gasteiger partial charge in [0.15, 0.2) is 0 Å². The van der Waals surface area contributed by atoms with Gasteiger partial charge in [0.1, 0.15) is 0 Å². The Morgan fingerprint density at radius 1 is 0.571 bits per heavy atom. The molecule has 0 saturated heterocycles. The van der Waals surface area contributed by atoms with Crippen molar-refractivity contribution in [1.82, 2.24) is 0 Å². The van der Waals surface area contributed by atoms with Crippen molar-refractivity contribution in [3.05, 3.63) is 34.9 Å². The van der Waals surface area contributed by atoms with Gasteiger partial charge >= 0.3 is 17.9 Å². The van der Waals surface area contributed by atoms with Crippen LogP contribution in [0.3, 0.4) is 0 Å². The average molecular weight is 392 g/mol. The van der Waals surface area contributed by atoms with Gasteiger partial charge in [0.2, 0.25) is 0 Å². The minimum atomic E-state index is -1.11. The van der Waals surface area contributed by atoms with Gasteiger partial charge < -0.3 is 15.3 Å². The predicted octanol–water partition coefficient (Wildman–Crippen LogP) is 5.39. The maximum Gasteiger partial charge on any atom is 0.335 e. The fourth-order valence-electron chi connectivity index (χ4n) is 3.28. The standard InChI is InChI=1S/C22H32O6/c23-20(24)13-11-9-7-5-3-1-2-4-6-8-10-12-17-14-18(21(25)26)16-19(15-17)22(27)28/h14-16H,1-13H2,(H,23,24)(H,25,26)(H,27,28). The van der Waals surface area contributed by atoms with E-state index in [0.717, 1.165) is 44.1 Å². The molecule has 0 spiro atoms. The first kappa shape index (κ1) is 23.7. The molecule has 6 heteroatoms. The molecule has 1 aromatic rings. The maximum absolute atomic E-state index is 11.1. The van der Waals surface area contributed by atoms with Crippen LogP contribution in [0.15, 0.2) is 18.2 Å². The molecule has 0 aromatic heterocycles. The molecule has 0 aliphatic carbocycles. The molecular weight excluding hydrogens is 360 g/mol. The Kier molecular flexibility index (Phi) is 11.6. The summed E-state index contributed by atoms with van der Waals surface area (Å²) in [7, 11) is 0. The normalized spacial score (nSPS) is 10.7. The van der Waals surface area contributed by atoms with Crippen LogP contribution in [0.2, 0.25) is 0 Å². The first-order valence-corrected chi connectivity index (χ1v) is 10.2. The Morgan fingerprint density at radius 3 is 1.36 bits per heavy atom. The van der Waals surface area contributed by atoms with Crippen molar-refractivity contribution < 1.29 is 29.7 Å². The third-order valence-electron chi connectivity index (χ3n) is 4.84. The van der Waals surface area contributed by atoms with Gasteiger partial charge in [-0.3, -0.25) is 4.79 Å². The van der Waals surface area contributed by atoms with Gasteiger partial charge in [-0.2, -0.15) is 0 Å². The van der Waals surface area contributed by atoms with Gasteiger partial charge in [-0.15, -0.1) is 0 Å². The van der Waals surface area contributed by atoms with Crippen molar-refractivity contribution in [3.63, 3.8) is 0 Å². The molecule has 1 aromatic carbocycles. The summed E-state index contributed by atoms with van der Waals surface area (Å²) in [6.45, 7) is 0. The summed E-state index contributed by atoms with van der Waals surface area (Å²) in [6, 6.07) is 4.32. The van der Waals surface area contributed by atoms with Crippen molar-refractivity contribution in [2.75, 3.05) is 0 Å².